The Hall–Kier alpha value is -1.08. The Kier molecular flexibility index (Phi) is 5.61. The first kappa shape index (κ1) is 15.0. The number of carbonyl (C=O) groups is 1. The highest BCUT2D eigenvalue weighted by Gasteiger charge is 2.31. The lowest BCUT2D eigenvalue weighted by Crippen LogP contribution is -2.48. The number of nitrogens with zero attached hydrogens (tertiary/aromatic N) is 2. The summed E-state index contributed by atoms with van der Waals surface area (Å²) in [6.07, 6.45) is 1.59. The molecule has 0 saturated heterocycles. The summed E-state index contributed by atoms with van der Waals surface area (Å²) in [6.45, 7) is 3.72. The number of H-pyrrole nitrogens is 1. The van der Waals surface area contributed by atoms with Crippen molar-refractivity contribution in [3.05, 3.63) is 5.82 Å². The topological polar surface area (TPSA) is 79.9 Å². The molecule has 1 aromatic heterocycles. The maximum absolute atomic E-state index is 11.6. The first-order valence-corrected chi connectivity index (χ1v) is 6.79. The number of methoxy groups -OCH3 is 1. The van der Waals surface area contributed by atoms with Crippen molar-refractivity contribution >= 4 is 17.7 Å². The number of hydrogen-bond acceptors (Lipinski definition) is 6. The van der Waals surface area contributed by atoms with Crippen LogP contribution >= 0.6 is 11.8 Å². The van der Waals surface area contributed by atoms with Gasteiger partial charge in [0, 0.05) is 5.75 Å². The van der Waals surface area contributed by atoms with Gasteiger partial charge in [-0.1, -0.05) is 11.8 Å². The molecule has 7 heteroatoms. The van der Waals surface area contributed by atoms with Gasteiger partial charge in [0.15, 0.2) is 0 Å². The van der Waals surface area contributed by atoms with Gasteiger partial charge in [0.25, 0.3) is 0 Å². The van der Waals surface area contributed by atoms with Crippen molar-refractivity contribution in [2.45, 2.75) is 37.4 Å². The zero-order chi connectivity index (χ0) is 13.6. The summed E-state index contributed by atoms with van der Waals surface area (Å²) in [5, 5.41) is 10.6. The minimum atomic E-state index is -0.621. The van der Waals surface area contributed by atoms with Gasteiger partial charge in [-0.05, 0) is 33.7 Å². The third kappa shape index (κ3) is 3.99. The van der Waals surface area contributed by atoms with E-state index < -0.39 is 5.54 Å². The van der Waals surface area contributed by atoms with Crippen molar-refractivity contribution in [3.8, 4) is 0 Å². The second-order valence-electron chi connectivity index (χ2n) is 4.23. The number of rotatable bonds is 7. The van der Waals surface area contributed by atoms with Crippen LogP contribution in [0.25, 0.3) is 0 Å². The first-order chi connectivity index (χ1) is 8.51. The van der Waals surface area contributed by atoms with Gasteiger partial charge in [-0.3, -0.25) is 9.89 Å². The average molecular weight is 272 g/mol. The number of thioether (sulfide) groups is 1. The number of hydrogen-bond donors (Lipinski definition) is 2. The lowest BCUT2D eigenvalue weighted by atomic mass is 9.97. The summed E-state index contributed by atoms with van der Waals surface area (Å²) >= 11 is 1.58. The van der Waals surface area contributed by atoms with Crippen LogP contribution in [-0.4, -0.2) is 46.6 Å². The third-order valence-electron chi connectivity index (χ3n) is 2.82. The standard InChI is InChI=1S/C11H20N4O2S/c1-8-13-10(15-14-8)18-7-5-6-11(2,12-3)9(16)17-4/h12H,5-7H2,1-4H3,(H,13,14,15). The molecule has 1 atom stereocenters. The number of carbonyl (C=O) groups excluding carboxylic acids is 1. The molecule has 0 fully saturated rings. The summed E-state index contributed by atoms with van der Waals surface area (Å²) in [7, 11) is 3.17. The van der Waals surface area contributed by atoms with Crippen LogP contribution in [0.15, 0.2) is 5.16 Å². The normalized spacial score (nSPS) is 14.2. The highest BCUT2D eigenvalue weighted by molar-refractivity contribution is 7.99. The molecular formula is C11H20N4O2S. The van der Waals surface area contributed by atoms with Gasteiger partial charge < -0.3 is 10.1 Å². The maximum atomic E-state index is 11.6. The SMILES string of the molecule is CNC(C)(CCCSc1n[nH]c(C)n1)C(=O)OC. The Labute approximate surface area is 111 Å². The van der Waals surface area contributed by atoms with E-state index in [1.807, 2.05) is 13.8 Å². The monoisotopic (exact) mass is 272 g/mol. The third-order valence-corrected chi connectivity index (χ3v) is 3.75. The van der Waals surface area contributed by atoms with Crippen molar-refractivity contribution in [2.75, 3.05) is 19.9 Å². The lowest BCUT2D eigenvalue weighted by Gasteiger charge is -2.25. The van der Waals surface area contributed by atoms with Crippen LogP contribution in [0.3, 0.4) is 0 Å². The van der Waals surface area contributed by atoms with Crippen LogP contribution in [0.4, 0.5) is 0 Å². The first-order valence-electron chi connectivity index (χ1n) is 5.81. The molecule has 2 N–H and O–H groups in total. The molecule has 0 aliphatic heterocycles. The number of nitrogens with one attached hydrogen (secondary N) is 2. The van der Waals surface area contributed by atoms with Gasteiger partial charge in [-0.25, -0.2) is 4.98 Å². The van der Waals surface area contributed by atoms with Crippen LogP contribution in [-0.2, 0) is 9.53 Å². The molecule has 0 bridgehead atoms. The van der Waals surface area contributed by atoms with E-state index in [1.54, 1.807) is 18.8 Å². The summed E-state index contributed by atoms with van der Waals surface area (Å²) in [5.41, 5.74) is -0.621. The Morgan fingerprint density at radius 1 is 1.61 bits per heavy atom. The summed E-state index contributed by atoms with van der Waals surface area (Å²) < 4.78 is 4.79. The minimum Gasteiger partial charge on any atom is -0.468 e. The molecule has 102 valence electrons. The fourth-order valence-corrected chi connectivity index (χ4v) is 2.31. The van der Waals surface area contributed by atoms with Crippen LogP contribution in [0, 0.1) is 6.92 Å². The van der Waals surface area contributed by atoms with Gasteiger partial charge in [0.1, 0.15) is 11.4 Å². The fourth-order valence-electron chi connectivity index (χ4n) is 1.53. The number of aromatic amines is 1. The predicted molar refractivity (Wildman–Crippen MR) is 70.6 cm³/mol. The van der Waals surface area contributed by atoms with E-state index in [2.05, 4.69) is 20.5 Å². The zero-order valence-electron chi connectivity index (χ0n) is 11.2. The molecule has 1 aromatic rings. The predicted octanol–water partition coefficient (Wildman–Crippen LogP) is 1.14. The van der Waals surface area contributed by atoms with Gasteiger partial charge in [0.05, 0.1) is 7.11 Å². The highest BCUT2D eigenvalue weighted by atomic mass is 32.2. The molecule has 0 radical (unpaired) electrons. The van der Waals surface area contributed by atoms with Gasteiger partial charge in [-0.15, -0.1) is 5.10 Å². The van der Waals surface area contributed by atoms with E-state index in [4.69, 9.17) is 4.74 Å². The molecule has 18 heavy (non-hydrogen) atoms. The van der Waals surface area contributed by atoms with E-state index in [1.165, 1.54) is 7.11 Å². The Morgan fingerprint density at radius 2 is 2.33 bits per heavy atom. The minimum absolute atomic E-state index is 0.233. The van der Waals surface area contributed by atoms with Crippen molar-refractivity contribution in [1.82, 2.24) is 20.5 Å². The lowest BCUT2D eigenvalue weighted by molar-refractivity contribution is -0.148. The largest absolute Gasteiger partial charge is 0.468 e. The van der Waals surface area contributed by atoms with Crippen LogP contribution in [0.5, 0.6) is 0 Å². The fraction of sp³-hybridized carbons (Fsp3) is 0.727. The highest BCUT2D eigenvalue weighted by Crippen LogP contribution is 2.19. The molecular weight excluding hydrogens is 252 g/mol. The van der Waals surface area contributed by atoms with E-state index in [0.717, 1.165) is 23.2 Å². The van der Waals surface area contributed by atoms with E-state index in [9.17, 15) is 4.79 Å². The Morgan fingerprint density at radius 3 is 2.83 bits per heavy atom. The number of esters is 1. The average Bonchev–Trinajstić information content (AvgIpc) is 2.79. The smallest absolute Gasteiger partial charge is 0.325 e. The molecule has 0 aliphatic rings. The van der Waals surface area contributed by atoms with Crippen LogP contribution < -0.4 is 5.32 Å². The van der Waals surface area contributed by atoms with Gasteiger partial charge >= 0.3 is 5.97 Å². The summed E-state index contributed by atoms with van der Waals surface area (Å²) in [5.74, 6) is 1.45. The molecule has 0 amide bonds. The number of aromatic nitrogens is 3. The van der Waals surface area contributed by atoms with Crippen LogP contribution in [0.1, 0.15) is 25.6 Å². The molecule has 0 aliphatic carbocycles. The van der Waals surface area contributed by atoms with Crippen LogP contribution in [0.2, 0.25) is 0 Å². The van der Waals surface area contributed by atoms with Crippen molar-refractivity contribution in [3.63, 3.8) is 0 Å². The second-order valence-corrected chi connectivity index (χ2v) is 5.29. The van der Waals surface area contributed by atoms with Gasteiger partial charge in [-0.2, -0.15) is 0 Å². The molecule has 1 heterocycles. The summed E-state index contributed by atoms with van der Waals surface area (Å²) in [6, 6.07) is 0. The zero-order valence-corrected chi connectivity index (χ0v) is 12.1. The quantitative estimate of drug-likeness (QED) is 0.440. The van der Waals surface area contributed by atoms with Crippen molar-refractivity contribution in [1.29, 1.82) is 0 Å². The number of aryl methyl sites for hydroxylation is 1. The van der Waals surface area contributed by atoms with Crippen molar-refractivity contribution in [2.24, 2.45) is 0 Å². The molecule has 1 unspecified atom stereocenters. The van der Waals surface area contributed by atoms with E-state index in [0.29, 0.717) is 6.42 Å². The molecule has 0 saturated carbocycles. The van der Waals surface area contributed by atoms with E-state index >= 15 is 0 Å². The summed E-state index contributed by atoms with van der Waals surface area (Å²) in [4.78, 5) is 15.8. The Bertz CT molecular complexity index is 396. The molecule has 0 aromatic carbocycles. The maximum Gasteiger partial charge on any atom is 0.325 e. The molecule has 1 rings (SSSR count). The van der Waals surface area contributed by atoms with Crippen molar-refractivity contribution < 1.29 is 9.53 Å². The molecule has 0 spiro atoms. The number of ether oxygens (including phenoxy) is 1. The second kappa shape index (κ2) is 6.75. The Balaban J connectivity index is 2.34. The number of likely N-dealkylation sites (N-methyl/N-ethyl adjacent to an activating group) is 1. The van der Waals surface area contributed by atoms with E-state index in [-0.39, 0.29) is 5.97 Å². The molecule has 6 nitrogen and oxygen atoms in total. The van der Waals surface area contributed by atoms with Gasteiger partial charge in [0.2, 0.25) is 5.16 Å².